The number of carbonyl (C=O) groups excluding carboxylic acids is 1. The van der Waals surface area contributed by atoms with Crippen molar-refractivity contribution in [3.05, 3.63) is 29.8 Å². The molecule has 21 heavy (non-hydrogen) atoms. The first kappa shape index (κ1) is 15.7. The van der Waals surface area contributed by atoms with E-state index in [0.29, 0.717) is 11.3 Å². The largest absolute Gasteiger partial charge is 0.444 e. The third-order valence-corrected chi connectivity index (χ3v) is 3.23. The molecule has 6 heteroatoms. The van der Waals surface area contributed by atoms with E-state index in [4.69, 9.17) is 10.5 Å². The molecule has 1 amide bonds. The summed E-state index contributed by atoms with van der Waals surface area (Å²) >= 11 is 0. The van der Waals surface area contributed by atoms with Gasteiger partial charge in [0.05, 0.1) is 5.54 Å². The maximum Gasteiger partial charge on any atom is 0.412 e. The van der Waals surface area contributed by atoms with Crippen molar-refractivity contribution >= 4 is 11.8 Å². The summed E-state index contributed by atoms with van der Waals surface area (Å²) < 4.78 is 31.2. The molecule has 0 heterocycles. The first-order valence-electron chi connectivity index (χ1n) is 6.76. The first-order valence-corrected chi connectivity index (χ1v) is 6.76. The van der Waals surface area contributed by atoms with Crippen LogP contribution in [0.1, 0.15) is 39.2 Å². The van der Waals surface area contributed by atoms with Gasteiger partial charge in [0.15, 0.2) is 0 Å². The highest BCUT2D eigenvalue weighted by Gasteiger charge is 2.55. The molecule has 0 radical (unpaired) electrons. The van der Waals surface area contributed by atoms with Gasteiger partial charge in [0, 0.05) is 18.5 Å². The predicted octanol–water partition coefficient (Wildman–Crippen LogP) is 3.62. The van der Waals surface area contributed by atoms with E-state index in [1.165, 1.54) is 0 Å². The number of hydrogen-bond acceptors (Lipinski definition) is 3. The minimum atomic E-state index is -2.71. The monoisotopic (exact) mass is 298 g/mol. The van der Waals surface area contributed by atoms with Crippen LogP contribution in [0.25, 0.3) is 0 Å². The average Bonchev–Trinajstić information content (AvgIpc) is 2.23. The van der Waals surface area contributed by atoms with Crippen molar-refractivity contribution in [2.45, 2.75) is 50.7 Å². The van der Waals surface area contributed by atoms with Crippen molar-refractivity contribution in [1.29, 1.82) is 0 Å². The van der Waals surface area contributed by atoms with Crippen LogP contribution < -0.4 is 11.1 Å². The molecule has 1 aromatic rings. The quantitative estimate of drug-likeness (QED) is 0.876. The van der Waals surface area contributed by atoms with Crippen LogP contribution >= 0.6 is 0 Å². The molecule has 0 atom stereocenters. The van der Waals surface area contributed by atoms with Crippen LogP contribution in [0.2, 0.25) is 0 Å². The molecule has 1 aliphatic carbocycles. The van der Waals surface area contributed by atoms with Gasteiger partial charge >= 0.3 is 6.09 Å². The van der Waals surface area contributed by atoms with Gasteiger partial charge < -0.3 is 10.5 Å². The molecule has 0 unspecified atom stereocenters. The van der Waals surface area contributed by atoms with Crippen LogP contribution in [-0.4, -0.2) is 17.6 Å². The Morgan fingerprint density at radius 3 is 2.48 bits per heavy atom. The Balaban J connectivity index is 2.07. The van der Waals surface area contributed by atoms with Crippen LogP contribution in [0.4, 0.5) is 19.3 Å². The van der Waals surface area contributed by atoms with Gasteiger partial charge in [-0.15, -0.1) is 0 Å². The molecule has 0 aromatic heterocycles. The molecule has 0 saturated heterocycles. The first-order chi connectivity index (χ1) is 9.49. The highest BCUT2D eigenvalue weighted by Crippen LogP contribution is 2.50. The normalized spacial score (nSPS) is 19.5. The van der Waals surface area contributed by atoms with E-state index in [1.807, 2.05) is 0 Å². The van der Waals surface area contributed by atoms with Gasteiger partial charge in [-0.25, -0.2) is 13.6 Å². The van der Waals surface area contributed by atoms with Crippen LogP contribution in [0.3, 0.4) is 0 Å². The average molecular weight is 298 g/mol. The second kappa shape index (κ2) is 4.94. The summed E-state index contributed by atoms with van der Waals surface area (Å²) in [7, 11) is 0. The van der Waals surface area contributed by atoms with Gasteiger partial charge in [-0.3, -0.25) is 5.32 Å². The number of anilines is 1. The molecule has 2 rings (SSSR count). The number of hydrogen-bond donors (Lipinski definition) is 2. The van der Waals surface area contributed by atoms with Crippen molar-refractivity contribution in [2.24, 2.45) is 5.73 Å². The zero-order valence-corrected chi connectivity index (χ0v) is 12.4. The smallest absolute Gasteiger partial charge is 0.412 e. The number of rotatable bonds is 2. The van der Waals surface area contributed by atoms with E-state index in [-0.39, 0.29) is 12.8 Å². The summed E-state index contributed by atoms with van der Waals surface area (Å²) in [5.74, 6) is -2.71. The fourth-order valence-corrected chi connectivity index (χ4v) is 2.40. The molecule has 0 spiro atoms. The second-order valence-corrected chi connectivity index (χ2v) is 6.57. The number of halogens is 2. The lowest BCUT2D eigenvalue weighted by Crippen LogP contribution is -2.55. The van der Waals surface area contributed by atoms with Crippen molar-refractivity contribution in [1.82, 2.24) is 0 Å². The van der Waals surface area contributed by atoms with Crippen LogP contribution in [-0.2, 0) is 10.3 Å². The van der Waals surface area contributed by atoms with Crippen molar-refractivity contribution in [3.63, 3.8) is 0 Å². The van der Waals surface area contributed by atoms with Crippen molar-refractivity contribution in [3.8, 4) is 0 Å². The van der Waals surface area contributed by atoms with E-state index in [0.717, 1.165) is 0 Å². The lowest BCUT2D eigenvalue weighted by atomic mass is 9.70. The van der Waals surface area contributed by atoms with Gasteiger partial charge in [0.25, 0.3) is 5.92 Å². The van der Waals surface area contributed by atoms with E-state index in [9.17, 15) is 13.6 Å². The van der Waals surface area contributed by atoms with E-state index in [1.54, 1.807) is 45.0 Å². The topological polar surface area (TPSA) is 64.3 Å². The summed E-state index contributed by atoms with van der Waals surface area (Å²) in [5.41, 5.74) is 5.40. The third-order valence-electron chi connectivity index (χ3n) is 3.23. The molecule has 1 saturated carbocycles. The minimum Gasteiger partial charge on any atom is -0.444 e. The van der Waals surface area contributed by atoms with Gasteiger partial charge in [-0.1, -0.05) is 12.1 Å². The number of nitrogens with one attached hydrogen (secondary N) is 1. The molecule has 0 aliphatic heterocycles. The number of carbonyl (C=O) groups is 1. The molecular weight excluding hydrogens is 278 g/mol. The number of ether oxygens (including phenoxy) is 1. The summed E-state index contributed by atoms with van der Waals surface area (Å²) in [6, 6.07) is 6.63. The zero-order chi connectivity index (χ0) is 15.9. The Morgan fingerprint density at radius 1 is 1.33 bits per heavy atom. The Hall–Kier alpha value is -1.69. The molecule has 116 valence electrons. The van der Waals surface area contributed by atoms with Gasteiger partial charge in [-0.05, 0) is 38.5 Å². The maximum absolute atomic E-state index is 13.0. The fourth-order valence-electron chi connectivity index (χ4n) is 2.40. The number of alkyl halides is 2. The Morgan fingerprint density at radius 2 is 1.95 bits per heavy atom. The highest BCUT2D eigenvalue weighted by molar-refractivity contribution is 5.85. The van der Waals surface area contributed by atoms with Gasteiger partial charge in [0.2, 0.25) is 0 Å². The molecular formula is C15H20F2N2O2. The Kier molecular flexibility index (Phi) is 3.70. The summed E-state index contributed by atoms with van der Waals surface area (Å²) in [4.78, 5) is 11.7. The van der Waals surface area contributed by atoms with Crippen LogP contribution in [0.15, 0.2) is 24.3 Å². The Labute approximate surface area is 122 Å². The summed E-state index contributed by atoms with van der Waals surface area (Å²) in [6.45, 7) is 5.27. The molecule has 1 aromatic carbocycles. The van der Waals surface area contributed by atoms with Gasteiger partial charge in [0.1, 0.15) is 5.60 Å². The number of benzene rings is 1. The standard InChI is InChI=1S/C15H20F2N2O2/c1-13(2,3)21-12(20)19-11-6-4-5-10(7-11)14(18)8-15(16,17)9-14/h4-7H,8-9,18H2,1-3H3,(H,19,20). The highest BCUT2D eigenvalue weighted by atomic mass is 19.3. The minimum absolute atomic E-state index is 0.379. The van der Waals surface area contributed by atoms with Gasteiger partial charge in [-0.2, -0.15) is 0 Å². The van der Waals surface area contributed by atoms with E-state index >= 15 is 0 Å². The molecule has 0 bridgehead atoms. The van der Waals surface area contributed by atoms with Crippen molar-refractivity contribution < 1.29 is 18.3 Å². The summed E-state index contributed by atoms with van der Waals surface area (Å²) in [6.07, 6.45) is -1.35. The second-order valence-electron chi connectivity index (χ2n) is 6.57. The number of nitrogens with two attached hydrogens (primary N) is 1. The van der Waals surface area contributed by atoms with Crippen LogP contribution in [0.5, 0.6) is 0 Å². The molecule has 1 aliphatic rings. The predicted molar refractivity (Wildman–Crippen MR) is 76.3 cm³/mol. The third kappa shape index (κ3) is 3.91. The Bertz CT molecular complexity index is 545. The SMILES string of the molecule is CC(C)(C)OC(=O)Nc1cccc(C2(N)CC(F)(F)C2)c1. The molecule has 3 N–H and O–H groups in total. The van der Waals surface area contributed by atoms with E-state index < -0.39 is 23.2 Å². The lowest BCUT2D eigenvalue weighted by Gasteiger charge is -2.45. The van der Waals surface area contributed by atoms with Crippen LogP contribution in [0, 0.1) is 0 Å². The van der Waals surface area contributed by atoms with Crippen molar-refractivity contribution in [2.75, 3.05) is 5.32 Å². The summed E-state index contributed by atoms with van der Waals surface area (Å²) in [5, 5.41) is 2.58. The molecule has 1 fully saturated rings. The number of amides is 1. The lowest BCUT2D eigenvalue weighted by molar-refractivity contribution is -0.125. The zero-order valence-electron chi connectivity index (χ0n) is 12.4. The fraction of sp³-hybridized carbons (Fsp3) is 0.533. The maximum atomic E-state index is 13.0. The molecule has 4 nitrogen and oxygen atoms in total. The van der Waals surface area contributed by atoms with E-state index in [2.05, 4.69) is 5.32 Å².